The quantitative estimate of drug-likeness (QED) is 0.175. The molecule has 0 heterocycles. The lowest BCUT2D eigenvalue weighted by Gasteiger charge is -2.39. The molecule has 3 unspecified atom stereocenters. The monoisotopic (exact) mass is 641 g/mol. The highest BCUT2D eigenvalue weighted by atomic mass is 16.6. The Morgan fingerprint density at radius 1 is 0.936 bits per heavy atom. The number of anilines is 1. The number of aromatic hydroxyl groups is 1. The van der Waals surface area contributed by atoms with Crippen LogP contribution in [0.4, 0.5) is 10.5 Å². The highest BCUT2D eigenvalue weighted by molar-refractivity contribution is 6.00. The zero-order valence-corrected chi connectivity index (χ0v) is 29.1. The lowest BCUT2D eigenvalue weighted by molar-refractivity contribution is -0.143. The summed E-state index contributed by atoms with van der Waals surface area (Å²) in [6, 6.07) is 17.2. The number of alkyl carbamates (subject to hydrolysis) is 1. The first-order chi connectivity index (χ1) is 22.1. The first kappa shape index (κ1) is 36.9. The van der Waals surface area contributed by atoms with Gasteiger partial charge in [-0.1, -0.05) is 75.0 Å². The van der Waals surface area contributed by atoms with E-state index >= 15 is 0 Å². The summed E-state index contributed by atoms with van der Waals surface area (Å²) in [6.07, 6.45) is 2.54. The fourth-order valence-electron chi connectivity index (χ4n) is 5.51. The van der Waals surface area contributed by atoms with Gasteiger partial charge in [-0.25, -0.2) is 4.79 Å². The molecule has 3 rings (SSSR count). The van der Waals surface area contributed by atoms with Crippen molar-refractivity contribution in [3.63, 3.8) is 0 Å². The van der Waals surface area contributed by atoms with E-state index in [0.717, 1.165) is 28.7 Å². The molecule has 3 aromatic rings. The first-order valence-electron chi connectivity index (χ1n) is 16.3. The number of hydrogen-bond donors (Lipinski definition) is 3. The van der Waals surface area contributed by atoms with Crippen molar-refractivity contribution in [1.29, 1.82) is 0 Å². The number of benzene rings is 3. The Bertz CT molecular complexity index is 1520. The smallest absolute Gasteiger partial charge is 0.408 e. The zero-order valence-electron chi connectivity index (χ0n) is 29.1. The van der Waals surface area contributed by atoms with Crippen LogP contribution < -0.4 is 10.6 Å². The summed E-state index contributed by atoms with van der Waals surface area (Å²) >= 11 is 0. The molecule has 0 saturated heterocycles. The van der Waals surface area contributed by atoms with Crippen LogP contribution in [-0.2, 0) is 20.7 Å². The van der Waals surface area contributed by atoms with Crippen molar-refractivity contribution >= 4 is 29.7 Å². The lowest BCUT2D eigenvalue weighted by Crippen LogP contribution is -2.55. The highest BCUT2D eigenvalue weighted by Crippen LogP contribution is 2.31. The number of aryl methyl sites for hydroxylation is 2. The minimum atomic E-state index is -1.08. The van der Waals surface area contributed by atoms with Crippen LogP contribution in [0.5, 0.6) is 5.75 Å². The number of carbonyl (C=O) groups excluding carboxylic acids is 3. The van der Waals surface area contributed by atoms with Gasteiger partial charge in [0.05, 0.1) is 0 Å². The van der Waals surface area contributed by atoms with Gasteiger partial charge in [-0.2, -0.15) is 0 Å². The second-order valence-corrected chi connectivity index (χ2v) is 13.7. The van der Waals surface area contributed by atoms with E-state index < -0.39 is 29.7 Å². The van der Waals surface area contributed by atoms with E-state index in [1.54, 1.807) is 43.9 Å². The predicted molar refractivity (Wildman–Crippen MR) is 189 cm³/mol. The molecular weight excluding hydrogens is 590 g/mol. The van der Waals surface area contributed by atoms with Crippen LogP contribution in [0.2, 0.25) is 0 Å². The van der Waals surface area contributed by atoms with Crippen molar-refractivity contribution in [2.75, 3.05) is 5.32 Å². The van der Waals surface area contributed by atoms with Gasteiger partial charge in [-0.05, 0) is 106 Å². The number of nitrogens with zero attached hydrogens (tertiary/aromatic N) is 1. The number of amides is 3. The van der Waals surface area contributed by atoms with Gasteiger partial charge in [0.2, 0.25) is 5.91 Å². The second kappa shape index (κ2) is 16.3. The van der Waals surface area contributed by atoms with Crippen molar-refractivity contribution in [3.8, 4) is 5.75 Å². The van der Waals surface area contributed by atoms with Crippen molar-refractivity contribution in [1.82, 2.24) is 10.2 Å². The molecule has 0 radical (unpaired) electrons. The summed E-state index contributed by atoms with van der Waals surface area (Å²) < 4.78 is 5.57. The van der Waals surface area contributed by atoms with Crippen LogP contribution in [-0.4, -0.2) is 45.6 Å². The number of hydrogen-bond acceptors (Lipinski definition) is 5. The molecule has 8 nitrogen and oxygen atoms in total. The molecule has 0 fully saturated rings. The van der Waals surface area contributed by atoms with Gasteiger partial charge >= 0.3 is 6.09 Å². The Morgan fingerprint density at radius 2 is 1.55 bits per heavy atom. The molecule has 8 heteroatoms. The Labute approximate surface area is 280 Å². The Balaban J connectivity index is 2.20. The molecule has 0 spiro atoms. The van der Waals surface area contributed by atoms with Gasteiger partial charge in [0, 0.05) is 18.2 Å². The zero-order chi connectivity index (χ0) is 34.9. The third-order valence-corrected chi connectivity index (χ3v) is 7.97. The standard InChI is InChI=1S/C39H51N3O5/c1-10-29-15-12-16-31(23-29)35(36(44)41-34-26(4)13-11-14-27(34)5)42(28(6)18-17-25(2)3)37(45)33(40-38(46)47-39(7,8)9)24-30-19-21-32(43)22-20-30/h10-16,19-23,25,28,33,35,43H,1,17-18,24H2,2-9H3,(H,40,46)(H,41,44). The molecule has 3 atom stereocenters. The molecule has 0 aliphatic rings. The molecule has 3 N–H and O–H groups in total. The largest absolute Gasteiger partial charge is 0.508 e. The fourth-order valence-corrected chi connectivity index (χ4v) is 5.51. The normalized spacial score (nSPS) is 13.3. The Kier molecular flexibility index (Phi) is 12.8. The Morgan fingerprint density at radius 3 is 2.13 bits per heavy atom. The van der Waals surface area contributed by atoms with Crippen molar-refractivity contribution < 1.29 is 24.2 Å². The van der Waals surface area contributed by atoms with Gasteiger partial charge in [0.15, 0.2) is 0 Å². The number of ether oxygens (including phenoxy) is 1. The minimum absolute atomic E-state index is 0.0889. The number of phenolic OH excluding ortho intramolecular Hbond substituents is 1. The maximum Gasteiger partial charge on any atom is 0.408 e. The van der Waals surface area contributed by atoms with E-state index in [0.29, 0.717) is 23.6 Å². The van der Waals surface area contributed by atoms with E-state index in [-0.39, 0.29) is 24.1 Å². The third kappa shape index (κ3) is 10.7. The van der Waals surface area contributed by atoms with Crippen molar-refractivity contribution in [2.24, 2.45) is 5.92 Å². The summed E-state index contributed by atoms with van der Waals surface area (Å²) in [5.41, 5.74) is 3.85. The molecule has 252 valence electrons. The maximum absolute atomic E-state index is 15.0. The summed E-state index contributed by atoms with van der Waals surface area (Å²) in [6.45, 7) is 19.2. The number of nitrogens with one attached hydrogen (secondary N) is 2. The topological polar surface area (TPSA) is 108 Å². The van der Waals surface area contributed by atoms with Crippen molar-refractivity contribution in [3.05, 3.63) is 101 Å². The van der Waals surface area contributed by atoms with E-state index in [9.17, 15) is 19.5 Å². The minimum Gasteiger partial charge on any atom is -0.508 e. The van der Waals surface area contributed by atoms with E-state index in [1.807, 2.05) is 63.2 Å². The van der Waals surface area contributed by atoms with Crippen molar-refractivity contribution in [2.45, 2.75) is 98.4 Å². The number of phenols is 1. The summed E-state index contributed by atoms with van der Waals surface area (Å²) in [5.74, 6) is -0.334. The van der Waals surface area contributed by atoms with Crippen LogP contribution >= 0.6 is 0 Å². The Hall–Kier alpha value is -4.59. The fraction of sp³-hybridized carbons (Fsp3) is 0.410. The molecule has 0 aliphatic carbocycles. The van der Waals surface area contributed by atoms with E-state index in [2.05, 4.69) is 31.1 Å². The number of carbonyl (C=O) groups is 3. The second-order valence-electron chi connectivity index (χ2n) is 13.7. The maximum atomic E-state index is 15.0. The number of para-hydroxylation sites is 1. The third-order valence-electron chi connectivity index (χ3n) is 7.97. The lowest BCUT2D eigenvalue weighted by atomic mass is 9.95. The SMILES string of the molecule is C=Cc1cccc(C(C(=O)Nc2c(C)cccc2C)N(C(=O)C(Cc2ccc(O)cc2)NC(=O)OC(C)(C)C)C(C)CCC(C)C)c1. The van der Waals surface area contributed by atoms with Crippen LogP contribution in [0, 0.1) is 19.8 Å². The average molecular weight is 642 g/mol. The molecule has 47 heavy (non-hydrogen) atoms. The summed E-state index contributed by atoms with van der Waals surface area (Å²) in [5, 5.41) is 15.8. The molecule has 3 aromatic carbocycles. The predicted octanol–water partition coefficient (Wildman–Crippen LogP) is 8.12. The molecule has 0 saturated carbocycles. The summed E-state index contributed by atoms with van der Waals surface area (Å²) in [7, 11) is 0. The van der Waals surface area contributed by atoms with Crippen LogP contribution in [0.25, 0.3) is 6.08 Å². The summed E-state index contributed by atoms with van der Waals surface area (Å²) in [4.78, 5) is 44.3. The molecule has 0 aliphatic heterocycles. The van der Waals surface area contributed by atoms with Gasteiger partial charge in [0.1, 0.15) is 23.4 Å². The van der Waals surface area contributed by atoms with Crippen LogP contribution in [0.3, 0.4) is 0 Å². The van der Waals surface area contributed by atoms with Crippen LogP contribution in [0.1, 0.15) is 88.2 Å². The molecular formula is C39H51N3O5. The van der Waals surface area contributed by atoms with Gasteiger partial charge < -0.3 is 25.4 Å². The van der Waals surface area contributed by atoms with Gasteiger partial charge in [-0.3, -0.25) is 9.59 Å². The van der Waals surface area contributed by atoms with Crippen LogP contribution in [0.15, 0.2) is 73.3 Å². The highest BCUT2D eigenvalue weighted by Gasteiger charge is 2.39. The molecule has 3 amide bonds. The average Bonchev–Trinajstić information content (AvgIpc) is 2.99. The first-order valence-corrected chi connectivity index (χ1v) is 16.3. The van der Waals surface area contributed by atoms with Gasteiger partial charge in [-0.15, -0.1) is 0 Å². The van der Waals surface area contributed by atoms with E-state index in [4.69, 9.17) is 4.74 Å². The molecule has 0 bridgehead atoms. The molecule has 0 aromatic heterocycles. The number of rotatable bonds is 13. The van der Waals surface area contributed by atoms with E-state index in [1.165, 1.54) is 12.1 Å². The van der Waals surface area contributed by atoms with Gasteiger partial charge in [0.25, 0.3) is 5.91 Å².